The number of amides is 1. The van der Waals surface area contributed by atoms with Gasteiger partial charge in [-0.2, -0.15) is 8.68 Å². The van der Waals surface area contributed by atoms with Gasteiger partial charge in [0.1, 0.15) is 11.5 Å². The molecular formula is C17H22FN5O4S2. The van der Waals surface area contributed by atoms with Gasteiger partial charge in [0.2, 0.25) is 10.0 Å². The maximum atomic E-state index is 13.4. The largest absolute Gasteiger partial charge is 0.465 e. The summed E-state index contributed by atoms with van der Waals surface area (Å²) in [4.78, 5) is 14.1. The standard InChI is InChI=1S/C17H22FN5O4S2/c1-29(25,26)23-9-7-22(8-10-23)6-5-19-15(24)12-27-17-16(20-28-21-17)13-3-2-4-14(18)11-13/h2-4,11H,5-10,12H2,1H3,(H,19,24). The summed E-state index contributed by atoms with van der Waals surface area (Å²) >= 11 is 0.924. The van der Waals surface area contributed by atoms with Crippen molar-refractivity contribution >= 4 is 27.7 Å². The summed E-state index contributed by atoms with van der Waals surface area (Å²) in [6, 6.07) is 5.91. The molecule has 0 atom stereocenters. The highest BCUT2D eigenvalue weighted by Gasteiger charge is 2.23. The van der Waals surface area contributed by atoms with Crippen LogP contribution in [-0.2, 0) is 14.8 Å². The van der Waals surface area contributed by atoms with Crippen LogP contribution in [0.5, 0.6) is 5.88 Å². The predicted octanol–water partition coefficient (Wildman–Crippen LogP) is 0.416. The second-order valence-electron chi connectivity index (χ2n) is 6.57. The van der Waals surface area contributed by atoms with E-state index < -0.39 is 15.8 Å². The number of piperazine rings is 1. The van der Waals surface area contributed by atoms with E-state index in [0.717, 1.165) is 11.7 Å². The van der Waals surface area contributed by atoms with Crippen LogP contribution in [0.4, 0.5) is 4.39 Å². The Hall–Kier alpha value is -2.15. The Kier molecular flexibility index (Phi) is 7.11. The molecule has 1 fully saturated rings. The van der Waals surface area contributed by atoms with Crippen LogP contribution in [0.25, 0.3) is 11.3 Å². The predicted molar refractivity (Wildman–Crippen MR) is 107 cm³/mol. The van der Waals surface area contributed by atoms with Crippen molar-refractivity contribution < 1.29 is 22.3 Å². The molecule has 1 N–H and O–H groups in total. The molecular weight excluding hydrogens is 421 g/mol. The van der Waals surface area contributed by atoms with Crippen LogP contribution in [0, 0.1) is 5.82 Å². The van der Waals surface area contributed by atoms with E-state index in [2.05, 4.69) is 19.0 Å². The van der Waals surface area contributed by atoms with Gasteiger partial charge in [0.15, 0.2) is 6.61 Å². The first-order valence-corrected chi connectivity index (χ1v) is 11.6. The van der Waals surface area contributed by atoms with Crippen LogP contribution in [0.3, 0.4) is 0 Å². The zero-order valence-electron chi connectivity index (χ0n) is 15.9. The number of benzene rings is 1. The second kappa shape index (κ2) is 9.57. The quantitative estimate of drug-likeness (QED) is 0.630. The molecule has 0 spiro atoms. The molecule has 1 amide bonds. The zero-order chi connectivity index (χ0) is 20.9. The van der Waals surface area contributed by atoms with Gasteiger partial charge in [0.25, 0.3) is 11.8 Å². The van der Waals surface area contributed by atoms with Gasteiger partial charge in [0, 0.05) is 44.8 Å². The van der Waals surface area contributed by atoms with Crippen molar-refractivity contribution in [2.45, 2.75) is 0 Å². The van der Waals surface area contributed by atoms with Gasteiger partial charge in [-0.05, 0) is 12.1 Å². The lowest BCUT2D eigenvalue weighted by Crippen LogP contribution is -2.50. The minimum absolute atomic E-state index is 0.188. The van der Waals surface area contributed by atoms with E-state index in [9.17, 15) is 17.6 Å². The molecule has 1 aromatic carbocycles. The number of rotatable bonds is 8. The molecule has 29 heavy (non-hydrogen) atoms. The van der Waals surface area contributed by atoms with Crippen LogP contribution in [0.1, 0.15) is 0 Å². The van der Waals surface area contributed by atoms with Crippen LogP contribution in [-0.4, -0.2) is 84.4 Å². The van der Waals surface area contributed by atoms with E-state index >= 15 is 0 Å². The Morgan fingerprint density at radius 2 is 2.03 bits per heavy atom. The average Bonchev–Trinajstić information content (AvgIpc) is 3.15. The monoisotopic (exact) mass is 443 g/mol. The van der Waals surface area contributed by atoms with Crippen molar-refractivity contribution in [3.05, 3.63) is 30.1 Å². The smallest absolute Gasteiger partial charge is 0.258 e. The van der Waals surface area contributed by atoms with Gasteiger partial charge in [-0.15, -0.1) is 4.37 Å². The van der Waals surface area contributed by atoms with Crippen molar-refractivity contribution in [1.29, 1.82) is 0 Å². The number of carbonyl (C=O) groups excluding carboxylic acids is 1. The molecule has 1 aromatic heterocycles. The number of nitrogens with one attached hydrogen (secondary N) is 1. The summed E-state index contributed by atoms with van der Waals surface area (Å²) in [5.74, 6) is -0.512. The third-order valence-electron chi connectivity index (χ3n) is 4.45. The minimum atomic E-state index is -3.15. The molecule has 2 aromatic rings. The number of ether oxygens (including phenoxy) is 1. The summed E-state index contributed by atoms with van der Waals surface area (Å²) in [5.41, 5.74) is 0.924. The Bertz CT molecular complexity index is 945. The van der Waals surface area contributed by atoms with Crippen molar-refractivity contribution in [3.63, 3.8) is 0 Å². The summed E-state index contributed by atoms with van der Waals surface area (Å²) in [7, 11) is -3.15. The average molecular weight is 444 g/mol. The molecule has 0 aliphatic carbocycles. The molecule has 1 aliphatic rings. The van der Waals surface area contributed by atoms with E-state index in [1.54, 1.807) is 12.1 Å². The van der Waals surface area contributed by atoms with Gasteiger partial charge in [-0.3, -0.25) is 9.69 Å². The molecule has 0 saturated carbocycles. The molecule has 0 unspecified atom stereocenters. The molecule has 0 bridgehead atoms. The fraction of sp³-hybridized carbons (Fsp3) is 0.471. The highest BCUT2D eigenvalue weighted by Crippen LogP contribution is 2.28. The zero-order valence-corrected chi connectivity index (χ0v) is 17.5. The highest BCUT2D eigenvalue weighted by molar-refractivity contribution is 7.88. The van der Waals surface area contributed by atoms with E-state index in [1.807, 2.05) is 0 Å². The van der Waals surface area contributed by atoms with E-state index in [-0.39, 0.29) is 18.4 Å². The number of nitrogens with zero attached hydrogens (tertiary/aromatic N) is 4. The Labute approximate surface area is 172 Å². The Balaban J connectivity index is 1.40. The van der Waals surface area contributed by atoms with Gasteiger partial charge in [-0.25, -0.2) is 12.8 Å². The number of halogens is 1. The summed E-state index contributed by atoms with van der Waals surface area (Å²) in [5, 5.41) is 2.76. The molecule has 3 rings (SSSR count). The first-order chi connectivity index (χ1) is 13.8. The lowest BCUT2D eigenvalue weighted by molar-refractivity contribution is -0.123. The molecule has 2 heterocycles. The number of carbonyl (C=O) groups is 1. The topological polar surface area (TPSA) is 105 Å². The number of hydrogen-bond acceptors (Lipinski definition) is 8. The lowest BCUT2D eigenvalue weighted by Gasteiger charge is -2.33. The summed E-state index contributed by atoms with van der Waals surface area (Å²) in [6.45, 7) is 2.98. The number of hydrogen-bond donors (Lipinski definition) is 1. The maximum Gasteiger partial charge on any atom is 0.258 e. The van der Waals surface area contributed by atoms with Crippen LogP contribution in [0.15, 0.2) is 24.3 Å². The normalized spacial score (nSPS) is 15.9. The number of sulfonamides is 1. The van der Waals surface area contributed by atoms with Gasteiger partial charge >= 0.3 is 0 Å². The molecule has 1 saturated heterocycles. The van der Waals surface area contributed by atoms with Crippen molar-refractivity contribution in [3.8, 4) is 17.1 Å². The lowest BCUT2D eigenvalue weighted by atomic mass is 10.1. The maximum absolute atomic E-state index is 13.4. The molecule has 12 heteroatoms. The van der Waals surface area contributed by atoms with Crippen molar-refractivity contribution in [2.24, 2.45) is 0 Å². The van der Waals surface area contributed by atoms with Crippen LogP contribution in [0.2, 0.25) is 0 Å². The van der Waals surface area contributed by atoms with Crippen molar-refractivity contribution in [2.75, 3.05) is 52.1 Å². The van der Waals surface area contributed by atoms with Crippen LogP contribution < -0.4 is 10.1 Å². The summed E-state index contributed by atoms with van der Waals surface area (Å²) < 4.78 is 51.4. The van der Waals surface area contributed by atoms with Gasteiger partial charge in [-0.1, -0.05) is 12.1 Å². The molecule has 1 aliphatic heterocycles. The fourth-order valence-corrected chi connectivity index (χ4v) is 4.26. The number of aromatic nitrogens is 2. The minimum Gasteiger partial charge on any atom is -0.465 e. The third kappa shape index (κ3) is 6.16. The fourth-order valence-electron chi connectivity index (χ4n) is 2.91. The highest BCUT2D eigenvalue weighted by atomic mass is 32.2. The Morgan fingerprint density at radius 1 is 1.28 bits per heavy atom. The molecule has 9 nitrogen and oxygen atoms in total. The van der Waals surface area contributed by atoms with E-state index in [4.69, 9.17) is 4.74 Å². The SMILES string of the molecule is CS(=O)(=O)N1CCN(CCNC(=O)COc2nsnc2-c2cccc(F)c2)CC1. The van der Waals surface area contributed by atoms with Gasteiger partial charge < -0.3 is 10.1 Å². The first kappa shape index (κ1) is 21.6. The van der Waals surface area contributed by atoms with E-state index in [1.165, 1.54) is 22.7 Å². The van der Waals surface area contributed by atoms with Crippen LogP contribution >= 0.6 is 11.7 Å². The van der Waals surface area contributed by atoms with Crippen molar-refractivity contribution in [1.82, 2.24) is 23.3 Å². The Morgan fingerprint density at radius 3 is 2.72 bits per heavy atom. The molecule has 158 valence electrons. The van der Waals surface area contributed by atoms with E-state index in [0.29, 0.717) is 50.5 Å². The van der Waals surface area contributed by atoms with Gasteiger partial charge in [0.05, 0.1) is 18.0 Å². The summed E-state index contributed by atoms with van der Waals surface area (Å²) in [6.07, 6.45) is 1.21. The molecule has 0 radical (unpaired) electrons. The first-order valence-electron chi connectivity index (χ1n) is 8.98. The second-order valence-corrected chi connectivity index (χ2v) is 9.08. The third-order valence-corrected chi connectivity index (χ3v) is 6.26.